The normalized spacial score (nSPS) is 11.1. The zero-order valence-electron chi connectivity index (χ0n) is 10.6. The summed E-state index contributed by atoms with van der Waals surface area (Å²) in [4.78, 5) is 7.95. The Hall–Kier alpha value is -1.44. The standard InChI is InChI=1S/C11H15ClN4O3/c1-17-3-2-4-18-5-6-19-10-7-9(12)15-11-13-8-14-16(10)11/h7-8H,2-6H2,1H3. The molecule has 7 nitrogen and oxygen atoms in total. The van der Waals surface area contributed by atoms with E-state index in [1.807, 2.05) is 0 Å². The monoisotopic (exact) mass is 286 g/mol. The van der Waals surface area contributed by atoms with Gasteiger partial charge in [0.25, 0.3) is 5.78 Å². The van der Waals surface area contributed by atoms with Crippen LogP contribution < -0.4 is 4.74 Å². The van der Waals surface area contributed by atoms with Crippen molar-refractivity contribution in [3.8, 4) is 5.88 Å². The maximum absolute atomic E-state index is 5.86. The van der Waals surface area contributed by atoms with Crippen LogP contribution in [0.2, 0.25) is 5.15 Å². The fourth-order valence-corrected chi connectivity index (χ4v) is 1.64. The lowest BCUT2D eigenvalue weighted by molar-refractivity contribution is 0.0789. The van der Waals surface area contributed by atoms with Gasteiger partial charge in [0.05, 0.1) is 6.61 Å². The minimum atomic E-state index is 0.316. The lowest BCUT2D eigenvalue weighted by atomic mass is 10.5. The molecule has 2 rings (SSSR count). The highest BCUT2D eigenvalue weighted by Crippen LogP contribution is 2.16. The molecule has 104 valence electrons. The predicted molar refractivity (Wildman–Crippen MR) is 68.6 cm³/mol. The fourth-order valence-electron chi connectivity index (χ4n) is 1.47. The minimum absolute atomic E-state index is 0.316. The molecule has 0 aromatic carbocycles. The largest absolute Gasteiger partial charge is 0.475 e. The molecule has 8 heteroatoms. The van der Waals surface area contributed by atoms with E-state index in [1.165, 1.54) is 10.8 Å². The van der Waals surface area contributed by atoms with E-state index in [9.17, 15) is 0 Å². The molecule has 0 bridgehead atoms. The molecule has 19 heavy (non-hydrogen) atoms. The van der Waals surface area contributed by atoms with Crippen molar-refractivity contribution in [2.75, 3.05) is 33.5 Å². The number of aromatic nitrogens is 4. The van der Waals surface area contributed by atoms with Gasteiger partial charge in [-0.05, 0) is 6.42 Å². The maximum Gasteiger partial charge on any atom is 0.256 e. The number of ether oxygens (including phenoxy) is 3. The van der Waals surface area contributed by atoms with Gasteiger partial charge in [-0.15, -0.1) is 0 Å². The van der Waals surface area contributed by atoms with Crippen LogP contribution >= 0.6 is 11.6 Å². The van der Waals surface area contributed by atoms with Crippen molar-refractivity contribution in [3.63, 3.8) is 0 Å². The van der Waals surface area contributed by atoms with Gasteiger partial charge in [-0.25, -0.2) is 0 Å². The van der Waals surface area contributed by atoms with Crippen LogP contribution in [0.5, 0.6) is 5.88 Å². The summed E-state index contributed by atoms with van der Waals surface area (Å²) in [7, 11) is 1.67. The molecule has 0 aliphatic rings. The summed E-state index contributed by atoms with van der Waals surface area (Å²) in [6, 6.07) is 1.59. The van der Waals surface area contributed by atoms with Crippen LogP contribution in [0, 0.1) is 0 Å². The minimum Gasteiger partial charge on any atom is -0.475 e. The van der Waals surface area contributed by atoms with Crippen LogP contribution in [0.1, 0.15) is 6.42 Å². The predicted octanol–water partition coefficient (Wildman–Crippen LogP) is 1.21. The van der Waals surface area contributed by atoms with E-state index in [0.29, 0.717) is 43.2 Å². The van der Waals surface area contributed by atoms with E-state index in [0.717, 1.165) is 6.42 Å². The molecular weight excluding hydrogens is 272 g/mol. The smallest absolute Gasteiger partial charge is 0.256 e. The van der Waals surface area contributed by atoms with Gasteiger partial charge >= 0.3 is 0 Å². The Morgan fingerprint density at radius 2 is 2.16 bits per heavy atom. The first kappa shape index (κ1) is 14.0. The highest BCUT2D eigenvalue weighted by Gasteiger charge is 2.07. The van der Waals surface area contributed by atoms with Crippen molar-refractivity contribution >= 4 is 17.4 Å². The quantitative estimate of drug-likeness (QED) is 0.536. The van der Waals surface area contributed by atoms with Gasteiger partial charge in [0.15, 0.2) is 0 Å². The molecule has 2 aromatic rings. The Balaban J connectivity index is 1.79. The van der Waals surface area contributed by atoms with E-state index >= 15 is 0 Å². The van der Waals surface area contributed by atoms with E-state index in [2.05, 4.69) is 15.1 Å². The second kappa shape index (κ2) is 7.22. The zero-order valence-corrected chi connectivity index (χ0v) is 11.3. The van der Waals surface area contributed by atoms with Gasteiger partial charge in [0.2, 0.25) is 5.88 Å². The summed E-state index contributed by atoms with van der Waals surface area (Å²) in [5.41, 5.74) is 0. The molecule has 2 heterocycles. The molecule has 0 amide bonds. The number of methoxy groups -OCH3 is 1. The van der Waals surface area contributed by atoms with Crippen molar-refractivity contribution in [2.24, 2.45) is 0 Å². The van der Waals surface area contributed by atoms with Crippen LogP contribution in [0.15, 0.2) is 12.4 Å². The molecule has 0 aliphatic heterocycles. The fraction of sp³-hybridized carbons (Fsp3) is 0.545. The Kier molecular flexibility index (Phi) is 5.31. The Labute approximate surface area is 115 Å². The summed E-state index contributed by atoms with van der Waals surface area (Å²) < 4.78 is 17.3. The molecule has 0 radical (unpaired) electrons. The van der Waals surface area contributed by atoms with E-state index in [1.54, 1.807) is 13.2 Å². The summed E-state index contributed by atoms with van der Waals surface area (Å²) in [5, 5.41) is 4.32. The van der Waals surface area contributed by atoms with Crippen molar-refractivity contribution < 1.29 is 14.2 Å². The third-order valence-electron chi connectivity index (χ3n) is 2.30. The van der Waals surface area contributed by atoms with Crippen molar-refractivity contribution in [3.05, 3.63) is 17.5 Å². The van der Waals surface area contributed by atoms with Gasteiger partial charge in [-0.3, -0.25) is 0 Å². The van der Waals surface area contributed by atoms with Crippen molar-refractivity contribution in [1.82, 2.24) is 19.6 Å². The van der Waals surface area contributed by atoms with E-state index < -0.39 is 0 Å². The molecule has 2 aromatic heterocycles. The number of fused-ring (bicyclic) bond motifs is 1. The first-order valence-corrected chi connectivity index (χ1v) is 6.25. The zero-order chi connectivity index (χ0) is 13.5. The average molecular weight is 287 g/mol. The summed E-state index contributed by atoms with van der Waals surface area (Å²) in [6.07, 6.45) is 2.26. The first-order valence-electron chi connectivity index (χ1n) is 5.87. The molecule has 0 atom stereocenters. The van der Waals surface area contributed by atoms with Gasteiger partial charge < -0.3 is 14.2 Å². The van der Waals surface area contributed by atoms with Crippen molar-refractivity contribution in [2.45, 2.75) is 6.42 Å². The Morgan fingerprint density at radius 1 is 1.26 bits per heavy atom. The third-order valence-corrected chi connectivity index (χ3v) is 2.50. The topological polar surface area (TPSA) is 70.8 Å². The number of hydrogen-bond donors (Lipinski definition) is 0. The van der Waals surface area contributed by atoms with Crippen LogP contribution in [0.3, 0.4) is 0 Å². The van der Waals surface area contributed by atoms with E-state index in [4.69, 9.17) is 25.8 Å². The molecule has 0 saturated heterocycles. The molecule has 0 fully saturated rings. The van der Waals surface area contributed by atoms with Gasteiger partial charge in [-0.1, -0.05) is 11.6 Å². The van der Waals surface area contributed by atoms with Crippen LogP contribution in [-0.2, 0) is 9.47 Å². The molecule has 0 N–H and O–H groups in total. The van der Waals surface area contributed by atoms with E-state index in [-0.39, 0.29) is 0 Å². The average Bonchev–Trinajstić information content (AvgIpc) is 2.85. The number of halogens is 1. The SMILES string of the molecule is COCCCOCCOc1cc(Cl)nc2ncnn12. The Morgan fingerprint density at radius 3 is 3.00 bits per heavy atom. The third kappa shape index (κ3) is 4.02. The van der Waals surface area contributed by atoms with Crippen LogP contribution in [0.25, 0.3) is 5.78 Å². The van der Waals surface area contributed by atoms with Gasteiger partial charge in [0, 0.05) is 26.4 Å². The highest BCUT2D eigenvalue weighted by molar-refractivity contribution is 6.29. The van der Waals surface area contributed by atoms with Crippen LogP contribution in [0.4, 0.5) is 0 Å². The first-order chi connectivity index (χ1) is 9.31. The van der Waals surface area contributed by atoms with Crippen molar-refractivity contribution in [1.29, 1.82) is 0 Å². The molecule has 0 saturated carbocycles. The number of nitrogens with zero attached hydrogens (tertiary/aromatic N) is 4. The summed E-state index contributed by atoms with van der Waals surface area (Å²) in [5.74, 6) is 0.900. The number of rotatable bonds is 8. The second-order valence-corrected chi connectivity index (χ2v) is 4.08. The van der Waals surface area contributed by atoms with Gasteiger partial charge in [-0.2, -0.15) is 19.6 Å². The molecule has 0 aliphatic carbocycles. The number of hydrogen-bond acceptors (Lipinski definition) is 6. The van der Waals surface area contributed by atoms with Gasteiger partial charge in [0.1, 0.15) is 18.1 Å². The highest BCUT2D eigenvalue weighted by atomic mass is 35.5. The summed E-state index contributed by atoms with van der Waals surface area (Å²) in [6.45, 7) is 2.23. The summed E-state index contributed by atoms with van der Waals surface area (Å²) >= 11 is 5.86. The Bertz CT molecular complexity index is 520. The second-order valence-electron chi connectivity index (χ2n) is 3.70. The maximum atomic E-state index is 5.86. The molecular formula is C11H15ClN4O3. The lowest BCUT2D eigenvalue weighted by Crippen LogP contribution is -2.10. The molecule has 0 spiro atoms. The molecule has 0 unspecified atom stereocenters. The van der Waals surface area contributed by atoms with Crippen LogP contribution in [-0.4, -0.2) is 53.1 Å². The lowest BCUT2D eigenvalue weighted by Gasteiger charge is -2.08.